The van der Waals surface area contributed by atoms with Gasteiger partial charge in [-0.25, -0.2) is 0 Å². The normalized spacial score (nSPS) is 10.1. The van der Waals surface area contributed by atoms with E-state index in [4.69, 9.17) is 0 Å². The summed E-state index contributed by atoms with van der Waals surface area (Å²) < 4.78 is 0. The first-order valence-electron chi connectivity index (χ1n) is 12.6. The third-order valence-electron chi connectivity index (χ3n) is 6.62. The standard InChI is InChI=1S/2C16H21.2CH3.2ClH.Ge.Zr/c2*1-10(2)13-8-14-6-12(5)7-16(14)15(9-13)11(3)4;;;;;;/h2*6-11H,1-5H3;2*1H3;2*1H;;/q4*-1;;;;. The molecule has 0 N–H and O–H groups in total. The van der Waals surface area contributed by atoms with Gasteiger partial charge in [0.15, 0.2) is 0 Å². The predicted octanol–water partition coefficient (Wildman–Crippen LogP) is 11.6. The van der Waals surface area contributed by atoms with Crippen LogP contribution in [0.4, 0.5) is 0 Å². The summed E-state index contributed by atoms with van der Waals surface area (Å²) in [7, 11) is 0. The average molecular weight is 694 g/mol. The molecule has 38 heavy (non-hydrogen) atoms. The Balaban J connectivity index is -0.000000551. The van der Waals surface area contributed by atoms with Crippen molar-refractivity contribution >= 4 is 58.5 Å². The molecule has 2 radical (unpaired) electrons. The van der Waals surface area contributed by atoms with E-state index in [1.165, 1.54) is 54.9 Å². The number of rotatable bonds is 4. The number of benzene rings is 2. The SMILES string of the molecule is Cc1cc2c(C(C)C)cc(C(C)C)cc2[cH-]1.Cc1cc2c(C(C)C)cc(C(C)C)cc2[cH-]1.Cl.Cl.[CH3-].[CH3-].[Ge]=[Zr]. The Kier molecular flexibility index (Phi) is 21.0. The van der Waals surface area contributed by atoms with Crippen molar-refractivity contribution in [2.45, 2.75) is 92.9 Å². The summed E-state index contributed by atoms with van der Waals surface area (Å²) in [5.74, 6) is 2.42. The number of hydrogen-bond donors (Lipinski definition) is 0. The van der Waals surface area contributed by atoms with Gasteiger partial charge in [-0.05, 0) is 23.7 Å². The molecule has 0 unspecified atom stereocenters. The van der Waals surface area contributed by atoms with Crippen LogP contribution >= 0.6 is 24.8 Å². The van der Waals surface area contributed by atoms with Crippen molar-refractivity contribution in [3.05, 3.63) is 96.8 Å². The van der Waals surface area contributed by atoms with Gasteiger partial charge in [-0.2, -0.15) is 12.1 Å². The minimum absolute atomic E-state index is 0. The summed E-state index contributed by atoms with van der Waals surface area (Å²) in [6, 6.07) is 18.7. The van der Waals surface area contributed by atoms with Crippen LogP contribution in [0.1, 0.15) is 112 Å². The fraction of sp³-hybridized carbons (Fsp3) is 0.412. The molecule has 212 valence electrons. The van der Waals surface area contributed by atoms with Crippen molar-refractivity contribution in [3.8, 4) is 0 Å². The Morgan fingerprint density at radius 2 is 0.816 bits per heavy atom. The zero-order valence-electron chi connectivity index (χ0n) is 25.7. The predicted molar refractivity (Wildman–Crippen MR) is 178 cm³/mol. The van der Waals surface area contributed by atoms with Crippen molar-refractivity contribution in [1.29, 1.82) is 0 Å². The van der Waals surface area contributed by atoms with Crippen molar-refractivity contribution in [1.82, 2.24) is 0 Å². The molecule has 0 bridgehead atoms. The topological polar surface area (TPSA) is 0 Å². The molecule has 0 aromatic heterocycles. The molecule has 4 aromatic rings. The number of aryl methyl sites for hydroxylation is 2. The summed E-state index contributed by atoms with van der Waals surface area (Å²) in [5.41, 5.74) is 8.66. The summed E-state index contributed by atoms with van der Waals surface area (Å²) in [5, 5.41) is 5.70. The van der Waals surface area contributed by atoms with E-state index in [1.54, 1.807) is 21.6 Å². The fourth-order valence-corrected chi connectivity index (χ4v) is 4.67. The molecule has 0 atom stereocenters. The second kappa shape index (κ2) is 18.9. The van der Waals surface area contributed by atoms with Gasteiger partial charge < -0.3 is 14.9 Å². The summed E-state index contributed by atoms with van der Waals surface area (Å²) in [6.07, 6.45) is 0. The molecule has 4 aromatic carbocycles. The van der Waals surface area contributed by atoms with E-state index < -0.39 is 0 Å². The molecule has 0 fully saturated rings. The molecule has 0 saturated heterocycles. The quantitative estimate of drug-likeness (QED) is 0.147. The monoisotopic (exact) mass is 692 g/mol. The van der Waals surface area contributed by atoms with Gasteiger partial charge in [-0.15, -0.1) is 81.8 Å². The van der Waals surface area contributed by atoms with Crippen LogP contribution in [0.5, 0.6) is 0 Å². The van der Waals surface area contributed by atoms with Gasteiger partial charge in [0.1, 0.15) is 0 Å². The molecular formula is C34H50Cl2GeZr-4. The van der Waals surface area contributed by atoms with Crippen molar-refractivity contribution < 1.29 is 21.6 Å². The van der Waals surface area contributed by atoms with Crippen molar-refractivity contribution in [2.75, 3.05) is 0 Å². The van der Waals surface area contributed by atoms with Crippen LogP contribution < -0.4 is 0 Å². The van der Waals surface area contributed by atoms with E-state index in [9.17, 15) is 0 Å². The van der Waals surface area contributed by atoms with Crippen LogP contribution in [0.15, 0.2) is 48.5 Å². The molecule has 0 nitrogen and oxygen atoms in total. The fourth-order valence-electron chi connectivity index (χ4n) is 4.67. The summed E-state index contributed by atoms with van der Waals surface area (Å²) >= 11 is 3.64. The summed E-state index contributed by atoms with van der Waals surface area (Å²) in [6.45, 7) is 22.5. The first-order valence-corrected chi connectivity index (χ1v) is 20.1. The minimum atomic E-state index is 0. The van der Waals surface area contributed by atoms with E-state index in [1.807, 2.05) is 0 Å². The molecule has 4 rings (SSSR count). The molecule has 0 aliphatic heterocycles. The molecule has 0 amide bonds. The van der Waals surface area contributed by atoms with Gasteiger partial charge in [-0.3, -0.25) is 0 Å². The van der Waals surface area contributed by atoms with Gasteiger partial charge in [0.2, 0.25) is 0 Å². The zero-order valence-corrected chi connectivity index (χ0v) is 31.9. The van der Waals surface area contributed by atoms with Crippen LogP contribution in [-0.2, 0) is 21.6 Å². The second-order valence-corrected chi connectivity index (χ2v) is 10.9. The Morgan fingerprint density at radius 3 is 1.05 bits per heavy atom. The van der Waals surface area contributed by atoms with E-state index >= 15 is 0 Å². The number of fused-ring (bicyclic) bond motifs is 2. The van der Waals surface area contributed by atoms with Gasteiger partial charge in [-0.1, -0.05) is 104 Å². The second-order valence-electron chi connectivity index (χ2n) is 10.9. The third-order valence-corrected chi connectivity index (χ3v) is 6.62. The Labute approximate surface area is 267 Å². The van der Waals surface area contributed by atoms with Crippen LogP contribution in [0.3, 0.4) is 0 Å². The molecule has 0 heterocycles. The molecule has 0 aliphatic carbocycles. The van der Waals surface area contributed by atoms with E-state index in [2.05, 4.69) is 130 Å². The Hall–Kier alpha value is -0.334. The van der Waals surface area contributed by atoms with Gasteiger partial charge in [0.05, 0.1) is 0 Å². The molecule has 0 spiro atoms. The Bertz CT molecular complexity index is 1130. The van der Waals surface area contributed by atoms with Gasteiger partial charge in [0, 0.05) is 0 Å². The number of halogens is 2. The zero-order chi connectivity index (χ0) is 25.7. The van der Waals surface area contributed by atoms with Crippen LogP contribution in [0.25, 0.3) is 21.5 Å². The average Bonchev–Trinajstić information content (AvgIpc) is 3.33. The van der Waals surface area contributed by atoms with Gasteiger partial charge in [0.25, 0.3) is 0 Å². The first-order chi connectivity index (χ1) is 16.0. The molecular weight excluding hydrogens is 643 g/mol. The van der Waals surface area contributed by atoms with Gasteiger partial charge >= 0.3 is 33.7 Å². The van der Waals surface area contributed by atoms with Crippen molar-refractivity contribution in [3.63, 3.8) is 0 Å². The number of hydrogen-bond acceptors (Lipinski definition) is 0. The third kappa shape index (κ3) is 10.6. The molecule has 4 heteroatoms. The Morgan fingerprint density at radius 1 is 0.526 bits per heavy atom. The molecule has 0 saturated carbocycles. The molecule has 0 aliphatic rings. The maximum atomic E-state index is 2.39. The van der Waals surface area contributed by atoms with E-state index in [0.29, 0.717) is 23.7 Å². The van der Waals surface area contributed by atoms with Crippen molar-refractivity contribution in [2.24, 2.45) is 0 Å². The maximum absolute atomic E-state index is 2.39. The van der Waals surface area contributed by atoms with Crippen LogP contribution in [0.2, 0.25) is 0 Å². The van der Waals surface area contributed by atoms with Crippen LogP contribution in [0, 0.1) is 28.7 Å². The first kappa shape index (κ1) is 42.1. The summed E-state index contributed by atoms with van der Waals surface area (Å²) in [4.78, 5) is 0. The van der Waals surface area contributed by atoms with Crippen LogP contribution in [-0.4, -0.2) is 12.1 Å². The van der Waals surface area contributed by atoms with E-state index in [-0.39, 0.29) is 39.7 Å². The van der Waals surface area contributed by atoms with E-state index in [0.717, 1.165) is 0 Å².